The van der Waals surface area contributed by atoms with E-state index in [4.69, 9.17) is 4.74 Å². The molecule has 0 saturated heterocycles. The Bertz CT molecular complexity index is 986. The molecular weight excluding hydrogens is 384 g/mol. The molecule has 29 heavy (non-hydrogen) atoms. The van der Waals surface area contributed by atoms with Crippen LogP contribution in [0.3, 0.4) is 0 Å². The topological polar surface area (TPSA) is 69.0 Å². The minimum absolute atomic E-state index is 0.0913. The Morgan fingerprint density at radius 2 is 2.00 bits per heavy atom. The second kappa shape index (κ2) is 9.60. The Labute approximate surface area is 175 Å². The maximum Gasteiger partial charge on any atom is 0.237 e. The second-order valence-corrected chi connectivity index (χ2v) is 8.12. The average Bonchev–Trinajstić information content (AvgIpc) is 3.10. The van der Waals surface area contributed by atoms with Crippen LogP contribution in [0.2, 0.25) is 0 Å². The number of hydrogen-bond donors (Lipinski definition) is 1. The third-order valence-electron chi connectivity index (χ3n) is 4.43. The smallest absolute Gasteiger partial charge is 0.237 e. The first-order valence-electron chi connectivity index (χ1n) is 9.63. The molecule has 1 unspecified atom stereocenters. The molecule has 0 fully saturated rings. The van der Waals surface area contributed by atoms with Gasteiger partial charge in [0.1, 0.15) is 5.75 Å². The molecule has 1 aromatic heterocycles. The van der Waals surface area contributed by atoms with Gasteiger partial charge in [-0.15, -0.1) is 10.2 Å². The van der Waals surface area contributed by atoms with Gasteiger partial charge in [0.25, 0.3) is 0 Å². The molecule has 2 aromatic carbocycles. The molecule has 3 aromatic rings. The van der Waals surface area contributed by atoms with E-state index < -0.39 is 0 Å². The van der Waals surface area contributed by atoms with Gasteiger partial charge in [0.2, 0.25) is 5.91 Å². The summed E-state index contributed by atoms with van der Waals surface area (Å²) in [6.45, 7) is 6.85. The summed E-state index contributed by atoms with van der Waals surface area (Å²) in [4.78, 5) is 12.7. The van der Waals surface area contributed by atoms with Crippen molar-refractivity contribution in [3.05, 3.63) is 54.1 Å². The van der Waals surface area contributed by atoms with E-state index >= 15 is 0 Å². The fourth-order valence-electron chi connectivity index (χ4n) is 2.96. The van der Waals surface area contributed by atoms with Gasteiger partial charge in [-0.2, -0.15) is 0 Å². The zero-order chi connectivity index (χ0) is 20.8. The number of methoxy groups -OCH3 is 1. The first-order chi connectivity index (χ1) is 14.0. The number of aromatic nitrogens is 3. The van der Waals surface area contributed by atoms with Gasteiger partial charge in [0.05, 0.1) is 12.4 Å². The lowest BCUT2D eigenvalue weighted by Gasteiger charge is -2.14. The van der Waals surface area contributed by atoms with Gasteiger partial charge in [-0.05, 0) is 38.5 Å². The highest BCUT2D eigenvalue weighted by atomic mass is 32.2. The molecule has 1 heterocycles. The molecule has 0 radical (unpaired) electrons. The zero-order valence-electron chi connectivity index (χ0n) is 17.2. The van der Waals surface area contributed by atoms with E-state index in [2.05, 4.69) is 46.1 Å². The van der Waals surface area contributed by atoms with Crippen LogP contribution in [0.15, 0.2) is 53.7 Å². The summed E-state index contributed by atoms with van der Waals surface area (Å²) < 4.78 is 7.30. The third-order valence-corrected chi connectivity index (χ3v) is 5.51. The highest BCUT2D eigenvalue weighted by Gasteiger charge is 2.21. The number of aryl methyl sites for hydroxylation is 1. The van der Waals surface area contributed by atoms with Gasteiger partial charge >= 0.3 is 0 Å². The molecule has 0 aliphatic carbocycles. The number of hydrogen-bond acceptors (Lipinski definition) is 5. The molecule has 0 bridgehead atoms. The number of thioether (sulfide) groups is 1. The highest BCUT2D eigenvalue weighted by Crippen LogP contribution is 2.28. The minimum Gasteiger partial charge on any atom is -0.497 e. The summed E-state index contributed by atoms with van der Waals surface area (Å²) in [5.74, 6) is 1.44. The number of carbonyl (C=O) groups excluding carboxylic acids is 1. The fraction of sp³-hybridized carbons (Fsp3) is 0.318. The fourth-order valence-corrected chi connectivity index (χ4v) is 3.83. The van der Waals surface area contributed by atoms with Crippen LogP contribution < -0.4 is 10.1 Å². The van der Waals surface area contributed by atoms with Gasteiger partial charge in [0, 0.05) is 23.9 Å². The van der Waals surface area contributed by atoms with E-state index in [1.807, 2.05) is 37.3 Å². The van der Waals surface area contributed by atoms with Crippen LogP contribution in [0.4, 0.5) is 5.69 Å². The molecular formula is C22H26N4O2S. The van der Waals surface area contributed by atoms with Crippen molar-refractivity contribution in [3.8, 4) is 17.1 Å². The molecule has 3 rings (SSSR count). The first kappa shape index (κ1) is 20.9. The quantitative estimate of drug-likeness (QED) is 0.541. The third kappa shape index (κ3) is 5.17. The molecule has 0 aliphatic heterocycles. The van der Waals surface area contributed by atoms with Crippen molar-refractivity contribution in [1.82, 2.24) is 14.8 Å². The normalized spacial score (nSPS) is 11.9. The number of amides is 1. The first-order valence-corrected chi connectivity index (χ1v) is 10.5. The molecule has 7 heteroatoms. The summed E-state index contributed by atoms with van der Waals surface area (Å²) in [7, 11) is 1.60. The lowest BCUT2D eigenvalue weighted by Crippen LogP contribution is -2.23. The molecule has 0 saturated carbocycles. The average molecular weight is 411 g/mol. The lowest BCUT2D eigenvalue weighted by atomic mass is 10.1. The van der Waals surface area contributed by atoms with Crippen molar-refractivity contribution < 1.29 is 9.53 Å². The summed E-state index contributed by atoms with van der Waals surface area (Å²) in [6, 6.07) is 15.5. The summed E-state index contributed by atoms with van der Waals surface area (Å²) in [5, 5.41) is 12.1. The van der Waals surface area contributed by atoms with Crippen molar-refractivity contribution in [2.75, 3.05) is 12.4 Å². The minimum atomic E-state index is -0.327. The van der Waals surface area contributed by atoms with E-state index in [1.54, 1.807) is 13.2 Å². The van der Waals surface area contributed by atoms with Crippen LogP contribution >= 0.6 is 11.8 Å². The van der Waals surface area contributed by atoms with Crippen molar-refractivity contribution in [2.24, 2.45) is 0 Å². The van der Waals surface area contributed by atoms with E-state index in [1.165, 1.54) is 17.3 Å². The summed E-state index contributed by atoms with van der Waals surface area (Å²) in [6.07, 6.45) is 0.953. The number of nitrogens with one attached hydrogen (secondary N) is 1. The van der Waals surface area contributed by atoms with Gasteiger partial charge in [-0.1, -0.05) is 48.5 Å². The Balaban J connectivity index is 1.77. The number of anilines is 1. The standard InChI is InChI=1S/C22H26N4O2S/c1-5-12-26-20(17-9-6-8-15(2)13-17)24-25-22(26)29-16(3)21(27)23-18-10-7-11-19(14-18)28-4/h6-11,13-14,16H,5,12H2,1-4H3,(H,23,27). The van der Waals surface area contributed by atoms with E-state index in [9.17, 15) is 4.79 Å². The summed E-state index contributed by atoms with van der Waals surface area (Å²) in [5.41, 5.74) is 2.91. The van der Waals surface area contributed by atoms with Gasteiger partial charge in [-0.25, -0.2) is 0 Å². The van der Waals surface area contributed by atoms with Crippen LogP contribution in [0.25, 0.3) is 11.4 Å². The summed E-state index contributed by atoms with van der Waals surface area (Å²) >= 11 is 1.41. The van der Waals surface area contributed by atoms with Crippen molar-refractivity contribution in [3.63, 3.8) is 0 Å². The SMILES string of the molecule is CCCn1c(SC(C)C(=O)Nc2cccc(OC)c2)nnc1-c1cccc(C)c1. The van der Waals surface area contributed by atoms with Crippen molar-refractivity contribution in [1.29, 1.82) is 0 Å². The number of ether oxygens (including phenoxy) is 1. The van der Waals surface area contributed by atoms with Crippen LogP contribution in [0.1, 0.15) is 25.8 Å². The van der Waals surface area contributed by atoms with E-state index in [-0.39, 0.29) is 11.2 Å². The highest BCUT2D eigenvalue weighted by molar-refractivity contribution is 8.00. The van der Waals surface area contributed by atoms with Crippen LogP contribution in [-0.2, 0) is 11.3 Å². The second-order valence-electron chi connectivity index (χ2n) is 6.81. The number of benzene rings is 2. The number of carbonyl (C=O) groups is 1. The molecule has 0 aliphatic rings. The number of rotatable bonds is 8. The monoisotopic (exact) mass is 410 g/mol. The maximum absolute atomic E-state index is 12.7. The predicted molar refractivity (Wildman–Crippen MR) is 117 cm³/mol. The van der Waals surface area contributed by atoms with Gasteiger partial charge < -0.3 is 14.6 Å². The molecule has 6 nitrogen and oxygen atoms in total. The van der Waals surface area contributed by atoms with E-state index in [0.717, 1.165) is 29.5 Å². The largest absolute Gasteiger partial charge is 0.497 e. The predicted octanol–water partition coefficient (Wildman–Crippen LogP) is 4.79. The Morgan fingerprint density at radius 3 is 2.72 bits per heavy atom. The maximum atomic E-state index is 12.7. The molecule has 152 valence electrons. The Hall–Kier alpha value is -2.80. The van der Waals surface area contributed by atoms with Crippen molar-refractivity contribution in [2.45, 2.75) is 44.1 Å². The molecule has 1 atom stereocenters. The molecule has 1 amide bonds. The molecule has 1 N–H and O–H groups in total. The molecule has 0 spiro atoms. The van der Waals surface area contributed by atoms with E-state index in [0.29, 0.717) is 11.4 Å². The van der Waals surface area contributed by atoms with Crippen molar-refractivity contribution >= 4 is 23.4 Å². The Morgan fingerprint density at radius 1 is 1.21 bits per heavy atom. The van der Waals surface area contributed by atoms with Gasteiger partial charge in [0.15, 0.2) is 11.0 Å². The van der Waals surface area contributed by atoms with Crippen LogP contribution in [0.5, 0.6) is 5.75 Å². The Kier molecular flexibility index (Phi) is 6.93. The van der Waals surface area contributed by atoms with Crippen LogP contribution in [-0.4, -0.2) is 33.0 Å². The van der Waals surface area contributed by atoms with Gasteiger partial charge in [-0.3, -0.25) is 4.79 Å². The number of nitrogens with zero attached hydrogens (tertiary/aromatic N) is 3. The lowest BCUT2D eigenvalue weighted by molar-refractivity contribution is -0.115. The zero-order valence-corrected chi connectivity index (χ0v) is 18.0. The van der Waals surface area contributed by atoms with Crippen LogP contribution in [0, 0.1) is 6.92 Å².